The Morgan fingerprint density at radius 2 is 1.77 bits per heavy atom. The first-order valence-electron chi connectivity index (χ1n) is 9.26. The normalized spacial score (nSPS) is 10.7. The Balaban J connectivity index is 1.56. The predicted molar refractivity (Wildman–Crippen MR) is 120 cm³/mol. The Morgan fingerprint density at radius 3 is 2.53 bits per heavy atom. The molecule has 0 spiro atoms. The van der Waals surface area contributed by atoms with Crippen molar-refractivity contribution in [3.05, 3.63) is 64.4 Å². The van der Waals surface area contributed by atoms with E-state index in [1.54, 1.807) is 35.9 Å². The first-order valence-corrected chi connectivity index (χ1v) is 10.6. The van der Waals surface area contributed by atoms with Gasteiger partial charge in [-0.2, -0.15) is 0 Å². The third-order valence-electron chi connectivity index (χ3n) is 4.39. The highest BCUT2D eigenvalue weighted by Gasteiger charge is 2.15. The summed E-state index contributed by atoms with van der Waals surface area (Å²) in [6.45, 7) is 3.92. The highest BCUT2D eigenvalue weighted by molar-refractivity contribution is 7.99. The van der Waals surface area contributed by atoms with Crippen LogP contribution < -0.4 is 10.6 Å². The number of benzene rings is 2. The molecule has 0 radical (unpaired) electrons. The van der Waals surface area contributed by atoms with Crippen molar-refractivity contribution in [3.8, 4) is 0 Å². The van der Waals surface area contributed by atoms with Gasteiger partial charge in [0.2, 0.25) is 11.8 Å². The number of hydrogen-bond acceptors (Lipinski definition) is 5. The molecule has 3 rings (SSSR count). The monoisotopic (exact) mass is 443 g/mol. The Morgan fingerprint density at radius 1 is 1.03 bits per heavy atom. The van der Waals surface area contributed by atoms with E-state index in [1.165, 1.54) is 11.8 Å². The van der Waals surface area contributed by atoms with E-state index >= 15 is 0 Å². The second-order valence-corrected chi connectivity index (χ2v) is 8.17. The quantitative estimate of drug-likeness (QED) is 0.539. The highest BCUT2D eigenvalue weighted by Crippen LogP contribution is 2.22. The summed E-state index contributed by atoms with van der Waals surface area (Å²) in [7, 11) is 1.77. The van der Waals surface area contributed by atoms with Gasteiger partial charge in [-0.25, -0.2) is 0 Å². The largest absolute Gasteiger partial charge is 0.325 e. The van der Waals surface area contributed by atoms with Gasteiger partial charge in [-0.1, -0.05) is 47.6 Å². The zero-order valence-electron chi connectivity index (χ0n) is 16.9. The van der Waals surface area contributed by atoms with Crippen LogP contribution in [0.2, 0.25) is 5.02 Å². The van der Waals surface area contributed by atoms with Crippen molar-refractivity contribution in [2.24, 2.45) is 7.05 Å². The van der Waals surface area contributed by atoms with Crippen LogP contribution in [0.1, 0.15) is 17.0 Å². The van der Waals surface area contributed by atoms with E-state index in [2.05, 4.69) is 20.8 Å². The van der Waals surface area contributed by atoms with E-state index in [9.17, 15) is 9.59 Å². The summed E-state index contributed by atoms with van der Waals surface area (Å²) in [5.74, 6) is 0.288. The van der Waals surface area contributed by atoms with Crippen molar-refractivity contribution in [2.45, 2.75) is 25.4 Å². The van der Waals surface area contributed by atoms with E-state index in [1.807, 2.05) is 32.0 Å². The van der Waals surface area contributed by atoms with Gasteiger partial charge in [0, 0.05) is 12.7 Å². The van der Waals surface area contributed by atoms with Crippen molar-refractivity contribution in [2.75, 3.05) is 16.4 Å². The van der Waals surface area contributed by atoms with Gasteiger partial charge in [0.05, 0.1) is 22.9 Å². The molecule has 0 aliphatic heterocycles. The highest BCUT2D eigenvalue weighted by atomic mass is 35.5. The maximum Gasteiger partial charge on any atom is 0.234 e. The Bertz CT molecular complexity index is 1080. The van der Waals surface area contributed by atoms with Crippen LogP contribution in [0, 0.1) is 13.8 Å². The number of carbonyl (C=O) groups is 2. The second-order valence-electron chi connectivity index (χ2n) is 6.82. The van der Waals surface area contributed by atoms with Crippen LogP contribution >= 0.6 is 23.4 Å². The van der Waals surface area contributed by atoms with Gasteiger partial charge in [-0.15, -0.1) is 10.2 Å². The minimum atomic E-state index is -0.203. The number of amides is 2. The third-order valence-corrected chi connectivity index (χ3v) is 5.74. The van der Waals surface area contributed by atoms with E-state index < -0.39 is 0 Å². The van der Waals surface area contributed by atoms with Crippen molar-refractivity contribution >= 4 is 46.6 Å². The van der Waals surface area contributed by atoms with Crippen LogP contribution in [0.5, 0.6) is 0 Å². The smallest absolute Gasteiger partial charge is 0.234 e. The molecule has 7 nitrogen and oxygen atoms in total. The molecule has 0 unspecified atom stereocenters. The number of anilines is 2. The zero-order valence-corrected chi connectivity index (χ0v) is 18.5. The fourth-order valence-electron chi connectivity index (χ4n) is 2.71. The molecule has 3 aromatic rings. The van der Waals surface area contributed by atoms with Gasteiger partial charge >= 0.3 is 0 Å². The minimum absolute atomic E-state index is 0.0866. The molecule has 1 heterocycles. The summed E-state index contributed by atoms with van der Waals surface area (Å²) in [5, 5.41) is 14.9. The molecule has 2 aromatic carbocycles. The fraction of sp³-hybridized carbons (Fsp3) is 0.238. The predicted octanol–water partition coefficient (Wildman–Crippen LogP) is 4.00. The lowest BCUT2D eigenvalue weighted by Gasteiger charge is -2.09. The maximum atomic E-state index is 12.4. The summed E-state index contributed by atoms with van der Waals surface area (Å²) in [6, 6.07) is 12.9. The average Bonchev–Trinajstić information content (AvgIpc) is 3.04. The van der Waals surface area contributed by atoms with Crippen LogP contribution in [0.4, 0.5) is 11.4 Å². The third kappa shape index (κ3) is 5.61. The maximum absolute atomic E-state index is 12.4. The molecule has 0 bridgehead atoms. The van der Waals surface area contributed by atoms with Crippen LogP contribution in [-0.2, 0) is 23.1 Å². The molecule has 1 aromatic heterocycles. The molecule has 2 N–H and O–H groups in total. The molecule has 0 aliphatic carbocycles. The lowest BCUT2D eigenvalue weighted by molar-refractivity contribution is -0.116. The molecule has 9 heteroatoms. The number of hydrogen-bond donors (Lipinski definition) is 2. The summed E-state index contributed by atoms with van der Waals surface area (Å²) in [5.41, 5.74) is 3.41. The second kappa shape index (κ2) is 9.77. The molecular formula is C21H22ClN5O2S. The number of aromatic nitrogens is 3. The first-order chi connectivity index (χ1) is 14.3. The first kappa shape index (κ1) is 21.9. The lowest BCUT2D eigenvalue weighted by Crippen LogP contribution is -2.18. The van der Waals surface area contributed by atoms with Gasteiger partial charge in [0.25, 0.3) is 0 Å². The van der Waals surface area contributed by atoms with E-state index in [-0.39, 0.29) is 24.0 Å². The lowest BCUT2D eigenvalue weighted by atomic mass is 10.1. The minimum Gasteiger partial charge on any atom is -0.325 e. The number of halogens is 1. The van der Waals surface area contributed by atoms with Crippen molar-refractivity contribution < 1.29 is 9.59 Å². The molecule has 0 fully saturated rings. The fourth-order valence-corrected chi connectivity index (χ4v) is 3.63. The molecule has 30 heavy (non-hydrogen) atoms. The van der Waals surface area contributed by atoms with Gasteiger partial charge < -0.3 is 15.2 Å². The van der Waals surface area contributed by atoms with Gasteiger partial charge in [0.1, 0.15) is 5.82 Å². The number of thioether (sulfide) groups is 1. The van der Waals surface area contributed by atoms with Crippen molar-refractivity contribution in [3.63, 3.8) is 0 Å². The van der Waals surface area contributed by atoms with E-state index in [4.69, 9.17) is 11.6 Å². The molecule has 0 saturated heterocycles. The number of nitrogens with one attached hydrogen (secondary N) is 2. The van der Waals surface area contributed by atoms with Gasteiger partial charge in [-0.05, 0) is 43.2 Å². The average molecular weight is 444 g/mol. The number of aryl methyl sites for hydroxylation is 2. The molecule has 0 atom stereocenters. The standard InChI is InChI=1S/C21H22ClN5O2S/c1-13-8-9-14(2)17(10-13)24-19(28)11-18-25-26-21(27(18)3)30-12-20(29)23-16-7-5-4-6-15(16)22/h4-10H,11-12H2,1-3H3,(H,23,29)(H,24,28). The number of carbonyl (C=O) groups excluding carboxylic acids is 2. The summed E-state index contributed by atoms with van der Waals surface area (Å²) >= 11 is 7.29. The van der Waals surface area contributed by atoms with Crippen LogP contribution in [0.25, 0.3) is 0 Å². The molecule has 2 amide bonds. The van der Waals surface area contributed by atoms with Gasteiger partial charge in [0.15, 0.2) is 5.16 Å². The van der Waals surface area contributed by atoms with Crippen LogP contribution in [0.3, 0.4) is 0 Å². The topological polar surface area (TPSA) is 88.9 Å². The molecule has 156 valence electrons. The zero-order chi connectivity index (χ0) is 21.7. The van der Waals surface area contributed by atoms with Gasteiger partial charge in [-0.3, -0.25) is 9.59 Å². The van der Waals surface area contributed by atoms with E-state index in [0.717, 1.165) is 16.8 Å². The molecule has 0 aliphatic rings. The SMILES string of the molecule is Cc1ccc(C)c(NC(=O)Cc2nnc(SCC(=O)Nc3ccccc3Cl)n2C)c1. The Kier molecular flexibility index (Phi) is 7.12. The number of rotatable bonds is 7. The Hall–Kier alpha value is -2.84. The molecule has 0 saturated carbocycles. The van der Waals surface area contributed by atoms with Crippen molar-refractivity contribution in [1.82, 2.24) is 14.8 Å². The summed E-state index contributed by atoms with van der Waals surface area (Å²) < 4.78 is 1.72. The number of para-hydroxylation sites is 1. The Labute approximate surface area is 184 Å². The number of nitrogens with zero attached hydrogens (tertiary/aromatic N) is 3. The van der Waals surface area contributed by atoms with Crippen molar-refractivity contribution in [1.29, 1.82) is 0 Å². The van der Waals surface area contributed by atoms with Crippen LogP contribution in [-0.4, -0.2) is 32.3 Å². The summed E-state index contributed by atoms with van der Waals surface area (Å²) in [4.78, 5) is 24.6. The van der Waals surface area contributed by atoms with E-state index in [0.29, 0.717) is 21.7 Å². The van der Waals surface area contributed by atoms with Crippen LogP contribution in [0.15, 0.2) is 47.6 Å². The summed E-state index contributed by atoms with van der Waals surface area (Å²) in [6.07, 6.45) is 0.0866. The molecular weight excluding hydrogens is 422 g/mol.